The number of alkyl halides is 2. The van der Waals surface area contributed by atoms with Crippen LogP contribution in [0.1, 0.15) is 30.0 Å². The van der Waals surface area contributed by atoms with E-state index in [1.165, 1.54) is 12.1 Å². The molecule has 1 N–H and O–H groups in total. The summed E-state index contributed by atoms with van der Waals surface area (Å²) in [7, 11) is 0. The molecule has 3 aromatic rings. The molecule has 2 aromatic carbocycles. The van der Waals surface area contributed by atoms with Gasteiger partial charge < -0.3 is 14.6 Å². The standard InChI is InChI=1S/C21H17F3N2O2/c22-17-8-11(7-12-9-25-10-16(12)17)14-3-4-15-18(27)5-6-26(13-1-2-13)19(15)20(14)28-21(23)24/h3-8,13,21,25H,1-2,9-10H2. The number of nitrogens with one attached hydrogen (secondary N) is 1. The molecule has 4 nitrogen and oxygen atoms in total. The monoisotopic (exact) mass is 386 g/mol. The first-order chi connectivity index (χ1) is 13.5. The molecule has 1 saturated carbocycles. The van der Waals surface area contributed by atoms with E-state index in [4.69, 9.17) is 4.74 Å². The SMILES string of the molecule is O=c1ccn(C2CC2)c2c(OC(F)F)c(-c3cc(F)c4c(c3)CNC4)ccc12. The second-order valence-corrected chi connectivity index (χ2v) is 7.23. The molecule has 0 amide bonds. The van der Waals surface area contributed by atoms with Crippen LogP contribution >= 0.6 is 0 Å². The number of pyridine rings is 1. The summed E-state index contributed by atoms with van der Waals surface area (Å²) in [6, 6.07) is 7.89. The van der Waals surface area contributed by atoms with Gasteiger partial charge in [0.05, 0.1) is 5.52 Å². The molecule has 0 unspecified atom stereocenters. The largest absolute Gasteiger partial charge is 0.432 e. The lowest BCUT2D eigenvalue weighted by atomic mass is 9.97. The van der Waals surface area contributed by atoms with Crippen molar-refractivity contribution in [2.24, 2.45) is 0 Å². The summed E-state index contributed by atoms with van der Waals surface area (Å²) < 4.78 is 47.9. The first kappa shape index (κ1) is 17.3. The van der Waals surface area contributed by atoms with E-state index in [9.17, 15) is 18.0 Å². The molecule has 1 aromatic heterocycles. The molecular weight excluding hydrogens is 369 g/mol. The molecule has 2 aliphatic rings. The number of fused-ring (bicyclic) bond motifs is 2. The van der Waals surface area contributed by atoms with Crippen LogP contribution in [-0.4, -0.2) is 11.2 Å². The van der Waals surface area contributed by atoms with Crippen molar-refractivity contribution in [1.29, 1.82) is 0 Å². The van der Waals surface area contributed by atoms with Crippen molar-refractivity contribution in [3.05, 3.63) is 63.7 Å². The Hall–Kier alpha value is -2.80. The van der Waals surface area contributed by atoms with Crippen LogP contribution in [-0.2, 0) is 13.1 Å². The normalized spacial score (nSPS) is 16.0. The first-order valence-corrected chi connectivity index (χ1v) is 9.18. The molecule has 1 aliphatic heterocycles. The Bertz CT molecular complexity index is 1150. The van der Waals surface area contributed by atoms with Crippen molar-refractivity contribution in [3.8, 4) is 16.9 Å². The fraction of sp³-hybridized carbons (Fsp3) is 0.286. The van der Waals surface area contributed by atoms with Crippen LogP contribution in [0.15, 0.2) is 41.3 Å². The number of aromatic nitrogens is 1. The second-order valence-electron chi connectivity index (χ2n) is 7.23. The fourth-order valence-electron chi connectivity index (χ4n) is 3.96. The number of rotatable bonds is 4. The number of ether oxygens (including phenoxy) is 1. The molecule has 0 atom stereocenters. The first-order valence-electron chi connectivity index (χ1n) is 9.18. The summed E-state index contributed by atoms with van der Waals surface area (Å²) in [5.41, 5.74) is 2.27. The minimum atomic E-state index is -3.06. The summed E-state index contributed by atoms with van der Waals surface area (Å²) in [4.78, 5) is 12.3. The van der Waals surface area contributed by atoms with Gasteiger partial charge in [0.15, 0.2) is 11.2 Å². The lowest BCUT2D eigenvalue weighted by molar-refractivity contribution is -0.0486. The topological polar surface area (TPSA) is 43.3 Å². The zero-order valence-corrected chi connectivity index (χ0v) is 14.8. The highest BCUT2D eigenvalue weighted by Gasteiger charge is 2.28. The lowest BCUT2D eigenvalue weighted by Gasteiger charge is -2.18. The highest BCUT2D eigenvalue weighted by atomic mass is 19.3. The van der Waals surface area contributed by atoms with Crippen LogP contribution in [0.25, 0.3) is 22.0 Å². The van der Waals surface area contributed by atoms with E-state index in [0.29, 0.717) is 40.7 Å². The van der Waals surface area contributed by atoms with Gasteiger partial charge in [0.1, 0.15) is 5.82 Å². The maximum atomic E-state index is 14.5. The zero-order valence-electron chi connectivity index (χ0n) is 14.8. The number of hydrogen-bond acceptors (Lipinski definition) is 3. The minimum absolute atomic E-state index is 0.0811. The van der Waals surface area contributed by atoms with Gasteiger partial charge in [-0.1, -0.05) is 0 Å². The molecule has 0 saturated heterocycles. The Morgan fingerprint density at radius 2 is 1.96 bits per heavy atom. The molecule has 1 fully saturated rings. The van der Waals surface area contributed by atoms with Crippen molar-refractivity contribution >= 4 is 10.9 Å². The number of benzene rings is 2. The van der Waals surface area contributed by atoms with Crippen molar-refractivity contribution in [2.45, 2.75) is 38.6 Å². The van der Waals surface area contributed by atoms with E-state index < -0.39 is 6.61 Å². The summed E-state index contributed by atoms with van der Waals surface area (Å²) in [5.74, 6) is -0.462. The van der Waals surface area contributed by atoms with E-state index in [1.54, 1.807) is 24.4 Å². The fourth-order valence-corrected chi connectivity index (χ4v) is 3.96. The van der Waals surface area contributed by atoms with Crippen molar-refractivity contribution < 1.29 is 17.9 Å². The molecule has 7 heteroatoms. The Labute approximate surface area is 158 Å². The van der Waals surface area contributed by atoms with Gasteiger partial charge in [0.2, 0.25) is 0 Å². The van der Waals surface area contributed by atoms with Gasteiger partial charge in [-0.05, 0) is 48.2 Å². The molecule has 1 aliphatic carbocycles. The molecule has 28 heavy (non-hydrogen) atoms. The van der Waals surface area contributed by atoms with E-state index in [2.05, 4.69) is 5.32 Å². The van der Waals surface area contributed by atoms with Gasteiger partial charge in [-0.25, -0.2) is 4.39 Å². The van der Waals surface area contributed by atoms with Gasteiger partial charge in [0, 0.05) is 47.9 Å². The second kappa shape index (κ2) is 6.38. The summed E-state index contributed by atoms with van der Waals surface area (Å²) in [5, 5.41) is 3.40. The minimum Gasteiger partial charge on any atom is -0.432 e. The van der Waals surface area contributed by atoms with Crippen molar-refractivity contribution in [3.63, 3.8) is 0 Å². The Kier molecular flexibility index (Phi) is 3.94. The highest BCUT2D eigenvalue weighted by molar-refractivity contribution is 5.93. The van der Waals surface area contributed by atoms with Crippen molar-refractivity contribution in [2.75, 3.05) is 0 Å². The van der Waals surface area contributed by atoms with Gasteiger partial charge in [-0.3, -0.25) is 4.79 Å². The molecular formula is C21H17F3N2O2. The van der Waals surface area contributed by atoms with Crippen LogP contribution in [0.4, 0.5) is 13.2 Å². The number of hydrogen-bond donors (Lipinski definition) is 1. The van der Waals surface area contributed by atoms with Crippen LogP contribution < -0.4 is 15.5 Å². The third-order valence-electron chi connectivity index (χ3n) is 5.40. The number of nitrogens with zero attached hydrogens (tertiary/aromatic N) is 1. The van der Waals surface area contributed by atoms with E-state index in [0.717, 1.165) is 18.4 Å². The van der Waals surface area contributed by atoms with Crippen LogP contribution in [0.5, 0.6) is 5.75 Å². The average molecular weight is 386 g/mol. The van der Waals surface area contributed by atoms with Crippen LogP contribution in [0.2, 0.25) is 0 Å². The van der Waals surface area contributed by atoms with E-state index in [-0.39, 0.29) is 23.0 Å². The van der Waals surface area contributed by atoms with Crippen molar-refractivity contribution in [1.82, 2.24) is 9.88 Å². The predicted molar refractivity (Wildman–Crippen MR) is 99.0 cm³/mol. The maximum absolute atomic E-state index is 14.5. The average Bonchev–Trinajstić information content (AvgIpc) is 3.38. The highest BCUT2D eigenvalue weighted by Crippen LogP contribution is 2.43. The summed E-state index contributed by atoms with van der Waals surface area (Å²) in [6.07, 6.45) is 3.45. The quantitative estimate of drug-likeness (QED) is 0.725. The zero-order chi connectivity index (χ0) is 19.4. The molecule has 0 spiro atoms. The maximum Gasteiger partial charge on any atom is 0.387 e. The van der Waals surface area contributed by atoms with Gasteiger partial charge in [-0.15, -0.1) is 0 Å². The molecule has 0 radical (unpaired) electrons. The van der Waals surface area contributed by atoms with Crippen LogP contribution in [0, 0.1) is 5.82 Å². The van der Waals surface area contributed by atoms with Gasteiger partial charge >= 0.3 is 6.61 Å². The van der Waals surface area contributed by atoms with Crippen LogP contribution in [0.3, 0.4) is 0 Å². The van der Waals surface area contributed by atoms with E-state index >= 15 is 0 Å². The summed E-state index contributed by atoms with van der Waals surface area (Å²) in [6.45, 7) is -2.10. The third kappa shape index (κ3) is 2.77. The predicted octanol–water partition coefficient (Wildman–Crippen LogP) is 4.35. The number of halogens is 3. The Morgan fingerprint density at radius 1 is 1.14 bits per heavy atom. The molecule has 2 heterocycles. The molecule has 0 bridgehead atoms. The van der Waals surface area contributed by atoms with Gasteiger partial charge in [0.25, 0.3) is 0 Å². The Balaban J connectivity index is 1.81. The van der Waals surface area contributed by atoms with E-state index in [1.807, 2.05) is 4.57 Å². The smallest absolute Gasteiger partial charge is 0.387 e. The molecule has 5 rings (SSSR count). The summed E-state index contributed by atoms with van der Waals surface area (Å²) >= 11 is 0. The van der Waals surface area contributed by atoms with Gasteiger partial charge in [-0.2, -0.15) is 8.78 Å². The lowest BCUT2D eigenvalue weighted by Crippen LogP contribution is -2.11. The molecule has 144 valence electrons. The Morgan fingerprint density at radius 3 is 2.71 bits per heavy atom. The third-order valence-corrected chi connectivity index (χ3v) is 5.40.